The SMILES string of the molecule is Cc1csc(-c2nc(N)cc(NC3CCC(F)(F)CC3)n2)n1. The van der Waals surface area contributed by atoms with Gasteiger partial charge in [0.15, 0.2) is 10.8 Å². The van der Waals surface area contributed by atoms with E-state index in [1.54, 1.807) is 6.07 Å². The highest BCUT2D eigenvalue weighted by Gasteiger charge is 2.34. The maximum Gasteiger partial charge on any atom is 0.248 e. The lowest BCUT2D eigenvalue weighted by Crippen LogP contribution is -2.32. The molecule has 0 spiro atoms. The highest BCUT2D eigenvalue weighted by Crippen LogP contribution is 2.34. The number of alkyl halides is 2. The van der Waals surface area contributed by atoms with E-state index in [-0.39, 0.29) is 18.9 Å². The lowest BCUT2D eigenvalue weighted by Gasteiger charge is -2.29. The highest BCUT2D eigenvalue weighted by molar-refractivity contribution is 7.13. The van der Waals surface area contributed by atoms with E-state index in [1.165, 1.54) is 11.3 Å². The second-order valence-corrected chi connectivity index (χ2v) is 6.43. The van der Waals surface area contributed by atoms with E-state index >= 15 is 0 Å². The van der Waals surface area contributed by atoms with Crippen molar-refractivity contribution in [2.45, 2.75) is 44.6 Å². The third-order valence-electron chi connectivity index (χ3n) is 3.63. The number of aryl methyl sites for hydroxylation is 1. The number of aromatic nitrogens is 3. The van der Waals surface area contributed by atoms with Crippen molar-refractivity contribution in [2.75, 3.05) is 11.1 Å². The molecule has 8 heteroatoms. The second kappa shape index (κ2) is 5.75. The predicted molar refractivity (Wildman–Crippen MR) is 83.1 cm³/mol. The van der Waals surface area contributed by atoms with Gasteiger partial charge in [0.25, 0.3) is 0 Å². The van der Waals surface area contributed by atoms with Gasteiger partial charge >= 0.3 is 0 Å². The molecular weight excluding hydrogens is 308 g/mol. The first-order valence-corrected chi connectivity index (χ1v) is 8.01. The standard InChI is InChI=1S/C14H17F2N5S/c1-8-7-22-13(18-8)12-20-10(17)6-11(21-12)19-9-2-4-14(15,16)5-3-9/h6-7,9H,2-5H2,1H3,(H3,17,19,20,21). The molecule has 1 fully saturated rings. The average Bonchev–Trinajstić information content (AvgIpc) is 2.87. The maximum atomic E-state index is 13.2. The Labute approximate surface area is 131 Å². The Bertz CT molecular complexity index is 663. The number of thiazole rings is 1. The molecule has 0 bridgehead atoms. The Kier molecular flexibility index (Phi) is 3.94. The second-order valence-electron chi connectivity index (χ2n) is 5.57. The number of hydrogen-bond donors (Lipinski definition) is 2. The fourth-order valence-electron chi connectivity index (χ4n) is 2.49. The molecular formula is C14H17F2N5S. The number of nitrogen functional groups attached to an aromatic ring is 1. The van der Waals surface area contributed by atoms with E-state index in [1.807, 2.05) is 12.3 Å². The molecule has 3 rings (SSSR count). The third-order valence-corrected chi connectivity index (χ3v) is 4.58. The van der Waals surface area contributed by atoms with Crippen molar-refractivity contribution < 1.29 is 8.78 Å². The van der Waals surface area contributed by atoms with Gasteiger partial charge < -0.3 is 11.1 Å². The first kappa shape index (κ1) is 15.1. The van der Waals surface area contributed by atoms with Crippen LogP contribution in [0.4, 0.5) is 20.4 Å². The Morgan fingerprint density at radius 2 is 2.00 bits per heavy atom. The van der Waals surface area contributed by atoms with Gasteiger partial charge in [-0.25, -0.2) is 23.7 Å². The molecule has 1 saturated carbocycles. The minimum absolute atomic E-state index is 0.0141. The fraction of sp³-hybridized carbons (Fsp3) is 0.500. The summed E-state index contributed by atoms with van der Waals surface area (Å²) in [7, 11) is 0. The van der Waals surface area contributed by atoms with E-state index in [4.69, 9.17) is 5.73 Å². The van der Waals surface area contributed by atoms with Crippen LogP contribution in [0.15, 0.2) is 11.4 Å². The lowest BCUT2D eigenvalue weighted by atomic mass is 9.92. The van der Waals surface area contributed by atoms with Gasteiger partial charge in [-0.1, -0.05) is 0 Å². The first-order chi connectivity index (χ1) is 10.4. The Balaban J connectivity index is 1.76. The molecule has 0 radical (unpaired) electrons. The number of anilines is 2. The summed E-state index contributed by atoms with van der Waals surface area (Å²) in [6, 6.07) is 1.61. The van der Waals surface area contributed by atoms with Crippen LogP contribution < -0.4 is 11.1 Å². The molecule has 0 atom stereocenters. The minimum atomic E-state index is -2.54. The van der Waals surface area contributed by atoms with Gasteiger partial charge in [0.1, 0.15) is 11.6 Å². The molecule has 0 aromatic carbocycles. The molecule has 2 aromatic heterocycles. The molecule has 22 heavy (non-hydrogen) atoms. The Hall–Kier alpha value is -1.83. The Morgan fingerprint density at radius 3 is 2.64 bits per heavy atom. The normalized spacial score (nSPS) is 18.3. The van der Waals surface area contributed by atoms with Crippen molar-refractivity contribution in [2.24, 2.45) is 0 Å². The summed E-state index contributed by atoms with van der Waals surface area (Å²) < 4.78 is 26.4. The average molecular weight is 325 g/mol. The van der Waals surface area contributed by atoms with E-state index < -0.39 is 5.92 Å². The quantitative estimate of drug-likeness (QED) is 0.903. The zero-order valence-corrected chi connectivity index (χ0v) is 13.0. The molecule has 5 nitrogen and oxygen atoms in total. The zero-order chi connectivity index (χ0) is 15.7. The van der Waals surface area contributed by atoms with Gasteiger partial charge in [0.05, 0.1) is 0 Å². The number of hydrogen-bond acceptors (Lipinski definition) is 6. The fourth-order valence-corrected chi connectivity index (χ4v) is 3.21. The highest BCUT2D eigenvalue weighted by atomic mass is 32.1. The first-order valence-electron chi connectivity index (χ1n) is 7.13. The van der Waals surface area contributed by atoms with Crippen molar-refractivity contribution in [1.29, 1.82) is 0 Å². The topological polar surface area (TPSA) is 76.7 Å². The molecule has 3 N–H and O–H groups in total. The predicted octanol–water partition coefficient (Wildman–Crippen LogP) is 3.48. The van der Waals surface area contributed by atoms with Crippen LogP contribution >= 0.6 is 11.3 Å². The zero-order valence-electron chi connectivity index (χ0n) is 12.1. The van der Waals surface area contributed by atoms with Crippen LogP contribution in [-0.2, 0) is 0 Å². The molecule has 2 heterocycles. The number of rotatable bonds is 3. The van der Waals surface area contributed by atoms with Crippen molar-refractivity contribution in [3.8, 4) is 10.8 Å². The summed E-state index contributed by atoms with van der Waals surface area (Å²) in [5.74, 6) is -1.18. The van der Waals surface area contributed by atoms with Gasteiger partial charge in [-0.05, 0) is 19.8 Å². The number of nitrogens with one attached hydrogen (secondary N) is 1. The number of nitrogens with two attached hydrogens (primary N) is 1. The number of halogens is 2. The lowest BCUT2D eigenvalue weighted by molar-refractivity contribution is -0.0361. The van der Waals surface area contributed by atoms with E-state index in [2.05, 4.69) is 20.3 Å². The number of nitrogens with zero attached hydrogens (tertiary/aromatic N) is 3. The summed E-state index contributed by atoms with van der Waals surface area (Å²) in [5, 5.41) is 5.80. The molecule has 1 aliphatic carbocycles. The minimum Gasteiger partial charge on any atom is -0.384 e. The summed E-state index contributed by atoms with van der Waals surface area (Å²) >= 11 is 1.45. The third kappa shape index (κ3) is 3.49. The van der Waals surface area contributed by atoms with Gasteiger partial charge in [0.2, 0.25) is 5.92 Å². The summed E-state index contributed by atoms with van der Waals surface area (Å²) in [5.41, 5.74) is 6.72. The summed E-state index contributed by atoms with van der Waals surface area (Å²) in [6.45, 7) is 1.90. The summed E-state index contributed by atoms with van der Waals surface area (Å²) in [6.07, 6.45) is 0.652. The van der Waals surface area contributed by atoms with Crippen LogP contribution in [0, 0.1) is 6.92 Å². The van der Waals surface area contributed by atoms with Crippen LogP contribution in [-0.4, -0.2) is 26.9 Å². The van der Waals surface area contributed by atoms with Gasteiger partial charge in [-0.3, -0.25) is 0 Å². The van der Waals surface area contributed by atoms with Crippen LogP contribution in [0.5, 0.6) is 0 Å². The molecule has 0 saturated heterocycles. The summed E-state index contributed by atoms with van der Waals surface area (Å²) in [4.78, 5) is 12.9. The molecule has 118 valence electrons. The van der Waals surface area contributed by atoms with E-state index in [9.17, 15) is 8.78 Å². The van der Waals surface area contributed by atoms with Crippen LogP contribution in [0.25, 0.3) is 10.8 Å². The monoisotopic (exact) mass is 325 g/mol. The molecule has 1 aliphatic rings. The van der Waals surface area contributed by atoms with Crippen molar-refractivity contribution in [3.05, 3.63) is 17.1 Å². The van der Waals surface area contributed by atoms with E-state index in [0.29, 0.717) is 35.3 Å². The van der Waals surface area contributed by atoms with Crippen molar-refractivity contribution in [1.82, 2.24) is 15.0 Å². The molecule has 2 aromatic rings. The largest absolute Gasteiger partial charge is 0.384 e. The maximum absolute atomic E-state index is 13.2. The van der Waals surface area contributed by atoms with Crippen LogP contribution in [0.1, 0.15) is 31.4 Å². The van der Waals surface area contributed by atoms with Crippen LogP contribution in [0.3, 0.4) is 0 Å². The smallest absolute Gasteiger partial charge is 0.248 e. The molecule has 0 amide bonds. The van der Waals surface area contributed by atoms with Crippen molar-refractivity contribution >= 4 is 23.0 Å². The van der Waals surface area contributed by atoms with Gasteiger partial charge in [0, 0.05) is 36.0 Å². The molecule has 0 aliphatic heterocycles. The molecule has 0 unspecified atom stereocenters. The van der Waals surface area contributed by atoms with E-state index in [0.717, 1.165) is 5.69 Å². The van der Waals surface area contributed by atoms with Crippen molar-refractivity contribution in [3.63, 3.8) is 0 Å². The van der Waals surface area contributed by atoms with Gasteiger partial charge in [-0.15, -0.1) is 11.3 Å². The van der Waals surface area contributed by atoms with Crippen LogP contribution in [0.2, 0.25) is 0 Å². The Morgan fingerprint density at radius 1 is 1.27 bits per heavy atom. The van der Waals surface area contributed by atoms with Gasteiger partial charge in [-0.2, -0.15) is 0 Å².